The molecule has 0 saturated carbocycles. The van der Waals surface area contributed by atoms with E-state index in [9.17, 15) is 0 Å². The van der Waals surface area contributed by atoms with Gasteiger partial charge in [0.15, 0.2) is 0 Å². The van der Waals surface area contributed by atoms with Crippen molar-refractivity contribution in [3.63, 3.8) is 0 Å². The molecular formula is C17H26. The van der Waals surface area contributed by atoms with Gasteiger partial charge >= 0.3 is 0 Å². The SMILES string of the molecule is CC(C)(C)c1cccc2c1C(C(C)(C)C)CC2. The highest BCUT2D eigenvalue weighted by atomic mass is 14.4. The molecule has 1 aromatic carbocycles. The van der Waals surface area contributed by atoms with E-state index >= 15 is 0 Å². The lowest BCUT2D eigenvalue weighted by atomic mass is 9.72. The van der Waals surface area contributed by atoms with Gasteiger partial charge in [-0.25, -0.2) is 0 Å². The Morgan fingerprint density at radius 1 is 1.00 bits per heavy atom. The molecule has 2 rings (SSSR count). The highest BCUT2D eigenvalue weighted by Gasteiger charge is 2.35. The first-order valence-electron chi connectivity index (χ1n) is 6.83. The van der Waals surface area contributed by atoms with Crippen LogP contribution in [0.2, 0.25) is 0 Å². The van der Waals surface area contributed by atoms with Crippen LogP contribution in [0.15, 0.2) is 18.2 Å². The van der Waals surface area contributed by atoms with Crippen LogP contribution in [0, 0.1) is 5.41 Å². The van der Waals surface area contributed by atoms with E-state index in [1.807, 2.05) is 0 Å². The van der Waals surface area contributed by atoms with Crippen LogP contribution in [0.3, 0.4) is 0 Å². The van der Waals surface area contributed by atoms with Crippen LogP contribution in [0.1, 0.15) is 70.6 Å². The third-order valence-corrected chi connectivity index (χ3v) is 4.10. The van der Waals surface area contributed by atoms with E-state index in [-0.39, 0.29) is 5.41 Å². The molecule has 0 amide bonds. The van der Waals surface area contributed by atoms with Crippen LogP contribution in [0.4, 0.5) is 0 Å². The highest BCUT2D eigenvalue weighted by molar-refractivity contribution is 5.45. The van der Waals surface area contributed by atoms with Crippen molar-refractivity contribution in [2.75, 3.05) is 0 Å². The fourth-order valence-corrected chi connectivity index (χ4v) is 3.21. The molecule has 1 atom stereocenters. The van der Waals surface area contributed by atoms with Crippen molar-refractivity contribution in [2.24, 2.45) is 5.41 Å². The second kappa shape index (κ2) is 3.86. The maximum atomic E-state index is 2.38. The Balaban J connectivity index is 2.57. The first-order valence-corrected chi connectivity index (χ1v) is 6.83. The van der Waals surface area contributed by atoms with Gasteiger partial charge in [0, 0.05) is 0 Å². The van der Waals surface area contributed by atoms with Gasteiger partial charge in [-0.15, -0.1) is 0 Å². The summed E-state index contributed by atoms with van der Waals surface area (Å²) in [5.41, 5.74) is 5.46. The molecule has 1 unspecified atom stereocenters. The average Bonchev–Trinajstić information content (AvgIpc) is 2.57. The van der Waals surface area contributed by atoms with Crippen molar-refractivity contribution in [2.45, 2.75) is 65.7 Å². The minimum absolute atomic E-state index is 0.263. The molecule has 0 heterocycles. The first kappa shape index (κ1) is 12.7. The van der Waals surface area contributed by atoms with E-state index in [4.69, 9.17) is 0 Å². The summed E-state index contributed by atoms with van der Waals surface area (Å²) in [6, 6.07) is 6.91. The summed E-state index contributed by atoms with van der Waals surface area (Å²) in [6.07, 6.45) is 2.59. The third kappa shape index (κ3) is 2.27. The quantitative estimate of drug-likeness (QED) is 0.584. The van der Waals surface area contributed by atoms with Crippen molar-refractivity contribution < 1.29 is 0 Å². The van der Waals surface area contributed by atoms with E-state index in [2.05, 4.69) is 59.7 Å². The topological polar surface area (TPSA) is 0 Å². The van der Waals surface area contributed by atoms with Crippen LogP contribution < -0.4 is 0 Å². The lowest BCUT2D eigenvalue weighted by molar-refractivity contribution is 0.315. The van der Waals surface area contributed by atoms with Gasteiger partial charge in [0.2, 0.25) is 0 Å². The molecule has 0 aliphatic heterocycles. The zero-order valence-corrected chi connectivity index (χ0v) is 12.2. The fraction of sp³-hybridized carbons (Fsp3) is 0.647. The molecule has 94 valence electrons. The summed E-state index contributed by atoms with van der Waals surface area (Å²) >= 11 is 0. The van der Waals surface area contributed by atoms with E-state index in [1.165, 1.54) is 12.8 Å². The van der Waals surface area contributed by atoms with Gasteiger partial charge in [0.25, 0.3) is 0 Å². The minimum Gasteiger partial charge on any atom is -0.0617 e. The Morgan fingerprint density at radius 2 is 1.65 bits per heavy atom. The molecule has 0 nitrogen and oxygen atoms in total. The van der Waals surface area contributed by atoms with Crippen molar-refractivity contribution in [1.29, 1.82) is 0 Å². The predicted molar refractivity (Wildman–Crippen MR) is 75.7 cm³/mol. The number of hydrogen-bond acceptors (Lipinski definition) is 0. The van der Waals surface area contributed by atoms with Crippen molar-refractivity contribution >= 4 is 0 Å². The van der Waals surface area contributed by atoms with E-state index in [0.717, 1.165) is 5.92 Å². The van der Waals surface area contributed by atoms with Crippen molar-refractivity contribution in [3.8, 4) is 0 Å². The van der Waals surface area contributed by atoms with Gasteiger partial charge in [-0.3, -0.25) is 0 Å². The second-order valence-electron chi connectivity index (χ2n) is 7.59. The van der Waals surface area contributed by atoms with E-state index in [0.29, 0.717) is 5.41 Å². The molecule has 0 radical (unpaired) electrons. The molecule has 0 spiro atoms. The highest BCUT2D eigenvalue weighted by Crippen LogP contribution is 2.48. The molecule has 0 aromatic heterocycles. The summed E-state index contributed by atoms with van der Waals surface area (Å²) in [5, 5.41) is 0. The zero-order valence-electron chi connectivity index (χ0n) is 12.2. The largest absolute Gasteiger partial charge is 0.0617 e. The van der Waals surface area contributed by atoms with Crippen molar-refractivity contribution in [3.05, 3.63) is 34.9 Å². The van der Waals surface area contributed by atoms with Crippen LogP contribution in [0.5, 0.6) is 0 Å². The fourth-order valence-electron chi connectivity index (χ4n) is 3.21. The number of rotatable bonds is 0. The Morgan fingerprint density at radius 3 is 2.18 bits per heavy atom. The summed E-state index contributed by atoms with van der Waals surface area (Å²) in [7, 11) is 0. The van der Waals surface area contributed by atoms with Crippen LogP contribution in [-0.4, -0.2) is 0 Å². The normalized spacial score (nSPS) is 20.5. The summed E-state index contributed by atoms with van der Waals surface area (Å²) in [4.78, 5) is 0. The minimum atomic E-state index is 0.263. The Hall–Kier alpha value is -0.780. The summed E-state index contributed by atoms with van der Waals surface area (Å²) < 4.78 is 0. The lowest BCUT2D eigenvalue weighted by Gasteiger charge is -2.32. The molecule has 0 heteroatoms. The number of benzene rings is 1. The second-order valence-corrected chi connectivity index (χ2v) is 7.59. The molecule has 0 bridgehead atoms. The van der Waals surface area contributed by atoms with Gasteiger partial charge in [-0.1, -0.05) is 59.7 Å². The maximum absolute atomic E-state index is 2.38. The molecule has 0 saturated heterocycles. The number of aryl methyl sites for hydroxylation is 1. The maximum Gasteiger partial charge on any atom is -0.0104 e. The van der Waals surface area contributed by atoms with Crippen LogP contribution in [0.25, 0.3) is 0 Å². The summed E-state index contributed by atoms with van der Waals surface area (Å²) in [5.74, 6) is 0.730. The van der Waals surface area contributed by atoms with Crippen LogP contribution in [-0.2, 0) is 11.8 Å². The van der Waals surface area contributed by atoms with E-state index in [1.54, 1.807) is 16.7 Å². The van der Waals surface area contributed by atoms with Crippen molar-refractivity contribution in [1.82, 2.24) is 0 Å². The molecular weight excluding hydrogens is 204 g/mol. The molecule has 1 aliphatic carbocycles. The molecule has 1 aliphatic rings. The number of fused-ring (bicyclic) bond motifs is 1. The molecule has 17 heavy (non-hydrogen) atoms. The van der Waals surface area contributed by atoms with Gasteiger partial charge in [0.05, 0.1) is 0 Å². The van der Waals surface area contributed by atoms with Gasteiger partial charge in [-0.05, 0) is 46.3 Å². The standard InChI is InChI=1S/C17H26/c1-16(2,3)13-9-7-8-12-10-11-14(15(12)13)17(4,5)6/h7-9,14H,10-11H2,1-6H3. The Labute approximate surface area is 106 Å². The van der Waals surface area contributed by atoms with Gasteiger partial charge < -0.3 is 0 Å². The molecule has 0 fully saturated rings. The van der Waals surface area contributed by atoms with Crippen LogP contribution >= 0.6 is 0 Å². The Kier molecular flexibility index (Phi) is 2.88. The smallest absolute Gasteiger partial charge is 0.0104 e. The first-order chi connectivity index (χ1) is 7.71. The van der Waals surface area contributed by atoms with Gasteiger partial charge in [0.1, 0.15) is 0 Å². The number of hydrogen-bond donors (Lipinski definition) is 0. The van der Waals surface area contributed by atoms with E-state index < -0.39 is 0 Å². The zero-order chi connectivity index (χ0) is 12.8. The molecule has 1 aromatic rings. The van der Waals surface area contributed by atoms with Gasteiger partial charge in [-0.2, -0.15) is 0 Å². The summed E-state index contributed by atoms with van der Waals surface area (Å²) in [6.45, 7) is 14.1. The molecule has 0 N–H and O–H groups in total. The monoisotopic (exact) mass is 230 g/mol. The third-order valence-electron chi connectivity index (χ3n) is 4.10. The Bertz CT molecular complexity index is 413. The lowest BCUT2D eigenvalue weighted by Crippen LogP contribution is -2.21. The predicted octanol–water partition coefficient (Wildman–Crippen LogP) is 5.06. The average molecular weight is 230 g/mol.